The molecule has 98 valence electrons. The molecule has 1 amide bonds. The van der Waals surface area contributed by atoms with E-state index in [0.717, 1.165) is 10.0 Å². The van der Waals surface area contributed by atoms with Crippen molar-refractivity contribution in [3.63, 3.8) is 0 Å². The minimum Gasteiger partial charge on any atom is -0.337 e. The number of benzene rings is 1. The standard InChI is InChI=1S/C12H14BrNO3S/c1-9-8-10(13)2-3-11(9)12(15)14-4-6-18(16,17)7-5-14/h2-3,8H,4-7H2,1H3. The van der Waals surface area contributed by atoms with Gasteiger partial charge in [0.15, 0.2) is 9.84 Å². The first kappa shape index (κ1) is 13.5. The van der Waals surface area contributed by atoms with Crippen molar-refractivity contribution in [2.75, 3.05) is 24.6 Å². The molecule has 0 saturated carbocycles. The molecule has 2 rings (SSSR count). The molecule has 1 aliphatic heterocycles. The molecule has 1 aromatic rings. The Morgan fingerprint density at radius 3 is 2.44 bits per heavy atom. The van der Waals surface area contributed by atoms with Crippen LogP contribution in [0.25, 0.3) is 0 Å². The first-order valence-electron chi connectivity index (χ1n) is 5.65. The Balaban J connectivity index is 2.17. The Bertz CT molecular complexity index is 569. The van der Waals surface area contributed by atoms with E-state index in [0.29, 0.717) is 5.56 Å². The first-order chi connectivity index (χ1) is 8.39. The van der Waals surface area contributed by atoms with Crippen LogP contribution in [0.3, 0.4) is 0 Å². The van der Waals surface area contributed by atoms with Gasteiger partial charge in [-0.15, -0.1) is 0 Å². The second-order valence-corrected chi connectivity index (χ2v) is 7.62. The number of carbonyl (C=O) groups is 1. The third-order valence-electron chi connectivity index (χ3n) is 3.05. The summed E-state index contributed by atoms with van der Waals surface area (Å²) in [5.74, 6) is 0.0396. The third kappa shape index (κ3) is 2.92. The molecule has 0 atom stereocenters. The number of aryl methyl sites for hydroxylation is 1. The van der Waals surface area contributed by atoms with E-state index in [9.17, 15) is 13.2 Å². The van der Waals surface area contributed by atoms with Gasteiger partial charge in [0, 0.05) is 23.1 Å². The predicted octanol–water partition coefficient (Wildman–Crippen LogP) is 1.63. The molecule has 0 spiro atoms. The van der Waals surface area contributed by atoms with E-state index in [1.165, 1.54) is 0 Å². The van der Waals surface area contributed by atoms with Crippen molar-refractivity contribution in [3.8, 4) is 0 Å². The summed E-state index contributed by atoms with van der Waals surface area (Å²) in [5.41, 5.74) is 1.53. The van der Waals surface area contributed by atoms with Gasteiger partial charge in [-0.25, -0.2) is 8.42 Å². The molecular weight excluding hydrogens is 318 g/mol. The van der Waals surface area contributed by atoms with Crippen LogP contribution in [-0.2, 0) is 9.84 Å². The molecule has 1 aliphatic rings. The summed E-state index contributed by atoms with van der Waals surface area (Å²) in [6.07, 6.45) is 0. The van der Waals surface area contributed by atoms with E-state index in [2.05, 4.69) is 15.9 Å². The highest BCUT2D eigenvalue weighted by Crippen LogP contribution is 2.18. The number of hydrogen-bond acceptors (Lipinski definition) is 3. The molecule has 4 nitrogen and oxygen atoms in total. The molecule has 1 fully saturated rings. The largest absolute Gasteiger partial charge is 0.337 e. The molecule has 1 saturated heterocycles. The van der Waals surface area contributed by atoms with Crippen LogP contribution >= 0.6 is 15.9 Å². The van der Waals surface area contributed by atoms with Gasteiger partial charge in [-0.1, -0.05) is 15.9 Å². The number of amides is 1. The van der Waals surface area contributed by atoms with Crippen molar-refractivity contribution in [2.24, 2.45) is 0 Å². The molecule has 1 aromatic carbocycles. The lowest BCUT2D eigenvalue weighted by molar-refractivity contribution is 0.0769. The molecule has 0 unspecified atom stereocenters. The average Bonchev–Trinajstić information content (AvgIpc) is 2.28. The van der Waals surface area contributed by atoms with E-state index in [1.54, 1.807) is 11.0 Å². The smallest absolute Gasteiger partial charge is 0.254 e. The van der Waals surface area contributed by atoms with Gasteiger partial charge in [0.05, 0.1) is 11.5 Å². The number of nitrogens with zero attached hydrogens (tertiary/aromatic N) is 1. The zero-order valence-electron chi connectivity index (χ0n) is 10.0. The lowest BCUT2D eigenvalue weighted by atomic mass is 10.1. The fourth-order valence-electron chi connectivity index (χ4n) is 1.95. The minimum atomic E-state index is -2.95. The molecule has 0 aliphatic carbocycles. The van der Waals surface area contributed by atoms with Gasteiger partial charge in [0.2, 0.25) is 0 Å². The Hall–Kier alpha value is -0.880. The quantitative estimate of drug-likeness (QED) is 0.785. The Morgan fingerprint density at radius 2 is 1.89 bits per heavy atom. The minimum absolute atomic E-state index is 0.0638. The van der Waals surface area contributed by atoms with Crippen molar-refractivity contribution in [2.45, 2.75) is 6.92 Å². The van der Waals surface area contributed by atoms with Crippen molar-refractivity contribution < 1.29 is 13.2 Å². The van der Waals surface area contributed by atoms with Crippen molar-refractivity contribution in [1.29, 1.82) is 0 Å². The van der Waals surface area contributed by atoms with Crippen LogP contribution in [0.4, 0.5) is 0 Å². The van der Waals surface area contributed by atoms with Gasteiger partial charge >= 0.3 is 0 Å². The summed E-state index contributed by atoms with van der Waals surface area (Å²) in [4.78, 5) is 13.9. The van der Waals surface area contributed by atoms with Crippen LogP contribution < -0.4 is 0 Å². The van der Waals surface area contributed by atoms with Gasteiger partial charge in [-0.05, 0) is 30.7 Å². The van der Waals surface area contributed by atoms with Crippen molar-refractivity contribution in [3.05, 3.63) is 33.8 Å². The van der Waals surface area contributed by atoms with E-state index >= 15 is 0 Å². The lowest BCUT2D eigenvalue weighted by Gasteiger charge is -2.27. The molecule has 1 heterocycles. The zero-order valence-corrected chi connectivity index (χ0v) is 12.4. The maximum atomic E-state index is 12.3. The monoisotopic (exact) mass is 331 g/mol. The fourth-order valence-corrected chi connectivity index (χ4v) is 3.63. The van der Waals surface area contributed by atoms with Crippen LogP contribution in [0.15, 0.2) is 22.7 Å². The van der Waals surface area contributed by atoms with E-state index in [1.807, 2.05) is 19.1 Å². The molecule has 6 heteroatoms. The Morgan fingerprint density at radius 1 is 1.28 bits per heavy atom. The summed E-state index contributed by atoms with van der Waals surface area (Å²) in [5, 5.41) is 0. The summed E-state index contributed by atoms with van der Waals surface area (Å²) < 4.78 is 23.6. The average molecular weight is 332 g/mol. The maximum absolute atomic E-state index is 12.3. The van der Waals surface area contributed by atoms with Crippen LogP contribution in [-0.4, -0.2) is 43.8 Å². The normalized spacial score (nSPS) is 18.7. The van der Waals surface area contributed by atoms with Crippen LogP contribution in [0, 0.1) is 6.92 Å². The molecule has 0 N–H and O–H groups in total. The second-order valence-electron chi connectivity index (χ2n) is 4.40. The fraction of sp³-hybridized carbons (Fsp3) is 0.417. The predicted molar refractivity (Wildman–Crippen MR) is 73.4 cm³/mol. The summed E-state index contributed by atoms with van der Waals surface area (Å²) >= 11 is 3.35. The van der Waals surface area contributed by atoms with Gasteiger partial charge in [0.25, 0.3) is 5.91 Å². The van der Waals surface area contributed by atoms with E-state index in [4.69, 9.17) is 0 Å². The van der Waals surface area contributed by atoms with Crippen LogP contribution in [0.5, 0.6) is 0 Å². The molecule has 18 heavy (non-hydrogen) atoms. The maximum Gasteiger partial charge on any atom is 0.254 e. The summed E-state index contributed by atoms with van der Waals surface area (Å²) in [7, 11) is -2.95. The molecular formula is C12H14BrNO3S. The highest BCUT2D eigenvalue weighted by molar-refractivity contribution is 9.10. The van der Waals surface area contributed by atoms with Crippen LogP contribution in [0.1, 0.15) is 15.9 Å². The lowest BCUT2D eigenvalue weighted by Crippen LogP contribution is -2.43. The van der Waals surface area contributed by atoms with E-state index in [-0.39, 0.29) is 30.5 Å². The Labute approximate surface area is 115 Å². The van der Waals surface area contributed by atoms with E-state index < -0.39 is 9.84 Å². The number of rotatable bonds is 1. The summed E-state index contributed by atoms with van der Waals surface area (Å²) in [6.45, 7) is 2.45. The Kier molecular flexibility index (Phi) is 3.77. The zero-order chi connectivity index (χ0) is 13.3. The third-order valence-corrected chi connectivity index (χ3v) is 5.15. The summed E-state index contributed by atoms with van der Waals surface area (Å²) in [6, 6.07) is 5.47. The number of carbonyl (C=O) groups excluding carboxylic acids is 1. The molecule has 0 radical (unpaired) electrons. The molecule has 0 bridgehead atoms. The van der Waals surface area contributed by atoms with Gasteiger partial charge in [-0.2, -0.15) is 0 Å². The van der Waals surface area contributed by atoms with Crippen molar-refractivity contribution in [1.82, 2.24) is 4.90 Å². The highest BCUT2D eigenvalue weighted by Gasteiger charge is 2.26. The molecule has 0 aromatic heterocycles. The topological polar surface area (TPSA) is 54.5 Å². The number of halogens is 1. The highest BCUT2D eigenvalue weighted by atomic mass is 79.9. The van der Waals surface area contributed by atoms with Gasteiger partial charge < -0.3 is 4.90 Å². The van der Waals surface area contributed by atoms with Gasteiger partial charge in [-0.3, -0.25) is 4.79 Å². The van der Waals surface area contributed by atoms with Gasteiger partial charge in [0.1, 0.15) is 0 Å². The second kappa shape index (κ2) is 5.01. The first-order valence-corrected chi connectivity index (χ1v) is 8.26. The number of sulfone groups is 1. The van der Waals surface area contributed by atoms with Crippen molar-refractivity contribution >= 4 is 31.7 Å². The SMILES string of the molecule is Cc1cc(Br)ccc1C(=O)N1CCS(=O)(=O)CC1. The van der Waals surface area contributed by atoms with Crippen LogP contribution in [0.2, 0.25) is 0 Å². The number of hydrogen-bond donors (Lipinski definition) is 0.